The number of nitrogens with zero attached hydrogens (tertiary/aromatic N) is 3. The van der Waals surface area contributed by atoms with E-state index in [1.165, 1.54) is 41.7 Å². The van der Waals surface area contributed by atoms with Crippen molar-refractivity contribution >= 4 is 75.9 Å². The van der Waals surface area contributed by atoms with Gasteiger partial charge in [0.1, 0.15) is 60.1 Å². The van der Waals surface area contributed by atoms with E-state index in [1.807, 2.05) is 13.8 Å². The van der Waals surface area contributed by atoms with Crippen molar-refractivity contribution < 1.29 is 62.9 Å². The van der Waals surface area contributed by atoms with Crippen LogP contribution in [0, 0.1) is 5.92 Å². The molecule has 0 saturated carbocycles. The standard InChI is InChI=1S/C60H86N16O13/c1-7-64-57(87)48-15-11-23-76(48)58(88)41(14-10-22-65-59(61)62)69-51(81)42(24-33(2)3)70-56(86)47(31-89-60(4,5)6)75-52(82)43(25-34-16-18-37(78)19-17-34)71-55(85)46(30-77)74-53(83)44(26-35-28-66-39-13-9-8-12-38(35)39)72-54(84)45(27-36-29-63-32-67-36)73-50(80)40-20-21-49(79)68-40/h8-9,12-13,16-19,28-29,32-33,40-48,66,77-78H,7,10-11,14-15,20-27,30-31H2,1-6H3,(H,63,67)(H,64,87)(H,68,79)(H,69,81)(H,70,86)(H,71,85)(H,72,84)(H,73,80)(H,74,83)(H,75,82)(H4,61,62,65)/t40-,41+,42+,43+,44+,45+,46+,47-,48+/m1/s1. The summed E-state index contributed by atoms with van der Waals surface area (Å²) in [5.41, 5.74) is 12.4. The highest BCUT2D eigenvalue weighted by atomic mass is 16.5. The molecule has 29 heteroatoms. The highest BCUT2D eigenvalue weighted by Crippen LogP contribution is 2.22. The number of ether oxygens (including phenoxy) is 1. The van der Waals surface area contributed by atoms with Gasteiger partial charge in [0, 0.05) is 74.3 Å². The summed E-state index contributed by atoms with van der Waals surface area (Å²) < 4.78 is 6.04. The number of para-hydroxylation sites is 1. The molecule has 6 rings (SSSR count). The predicted molar refractivity (Wildman–Crippen MR) is 326 cm³/mol. The number of H-pyrrole nitrogens is 2. The lowest BCUT2D eigenvalue weighted by molar-refractivity contribution is -0.142. The number of benzene rings is 2. The number of aromatic hydroxyl groups is 1. The minimum Gasteiger partial charge on any atom is -0.508 e. The van der Waals surface area contributed by atoms with E-state index >= 15 is 0 Å². The maximum absolute atomic E-state index is 14.8. The summed E-state index contributed by atoms with van der Waals surface area (Å²) in [4.78, 5) is 156. The minimum absolute atomic E-state index is 0.0578. The van der Waals surface area contributed by atoms with Crippen LogP contribution in [-0.2, 0) is 71.9 Å². The van der Waals surface area contributed by atoms with Crippen LogP contribution in [0.3, 0.4) is 0 Å². The van der Waals surface area contributed by atoms with Crippen molar-refractivity contribution in [3.63, 3.8) is 0 Å². The van der Waals surface area contributed by atoms with Crippen molar-refractivity contribution in [2.24, 2.45) is 22.4 Å². The summed E-state index contributed by atoms with van der Waals surface area (Å²) in [6.45, 7) is 9.78. The Bertz CT molecular complexity index is 3120. The average molecular weight is 1240 g/mol. The Balaban J connectivity index is 1.24. The molecule has 4 heterocycles. The Morgan fingerprint density at radius 3 is 1.98 bits per heavy atom. The highest BCUT2D eigenvalue weighted by Gasteiger charge is 2.40. The van der Waals surface area contributed by atoms with E-state index in [9.17, 15) is 58.2 Å². The number of likely N-dealkylation sites (N-methyl/N-ethyl adjacent to an activating group) is 1. The molecule has 10 amide bonds. The van der Waals surface area contributed by atoms with Crippen LogP contribution in [0.4, 0.5) is 0 Å². The number of aromatic amines is 2. The van der Waals surface area contributed by atoms with Crippen molar-refractivity contribution in [1.29, 1.82) is 0 Å². The molecule has 0 aliphatic carbocycles. The van der Waals surface area contributed by atoms with Gasteiger partial charge in [0.15, 0.2) is 5.96 Å². The second kappa shape index (κ2) is 32.7. The largest absolute Gasteiger partial charge is 0.508 e. The van der Waals surface area contributed by atoms with Gasteiger partial charge in [-0.05, 0) is 101 Å². The maximum Gasteiger partial charge on any atom is 0.245 e. The van der Waals surface area contributed by atoms with Crippen molar-refractivity contribution in [3.8, 4) is 5.75 Å². The normalized spacial score (nSPS) is 17.2. The first kappa shape index (κ1) is 69.0. The van der Waals surface area contributed by atoms with Crippen molar-refractivity contribution in [2.45, 2.75) is 166 Å². The van der Waals surface area contributed by atoms with Gasteiger partial charge in [-0.1, -0.05) is 44.2 Å². The quantitative estimate of drug-likeness (QED) is 0.0148. The molecule has 89 heavy (non-hydrogen) atoms. The van der Waals surface area contributed by atoms with Crippen molar-refractivity contribution in [3.05, 3.63) is 84.1 Å². The van der Waals surface area contributed by atoms with Crippen LogP contribution >= 0.6 is 0 Å². The number of guanidine groups is 1. The molecular weight excluding hydrogens is 1150 g/mol. The number of rotatable bonds is 32. The van der Waals surface area contributed by atoms with Gasteiger partial charge >= 0.3 is 0 Å². The lowest BCUT2D eigenvalue weighted by Gasteiger charge is -2.31. The zero-order valence-corrected chi connectivity index (χ0v) is 51.1. The van der Waals surface area contributed by atoms with Gasteiger partial charge in [-0.15, -0.1) is 0 Å². The number of phenolic OH excluding ortho intramolecular Hbond substituents is 1. The van der Waals surface area contributed by atoms with E-state index in [-0.39, 0.29) is 93.9 Å². The molecular formula is C60H86N16O13. The number of hydrogen-bond donors (Lipinski definition) is 15. The Kier molecular flexibility index (Phi) is 25.4. The minimum atomic E-state index is -1.78. The lowest BCUT2D eigenvalue weighted by atomic mass is 10.0. The van der Waals surface area contributed by atoms with E-state index in [2.05, 4.69) is 67.8 Å². The summed E-state index contributed by atoms with van der Waals surface area (Å²) in [5, 5.41) is 45.7. The van der Waals surface area contributed by atoms with Crippen molar-refractivity contribution in [1.82, 2.24) is 67.7 Å². The third-order valence-electron chi connectivity index (χ3n) is 14.9. The molecule has 2 aromatic heterocycles. The molecule has 9 atom stereocenters. The fraction of sp³-hybridized carbons (Fsp3) is 0.533. The molecule has 2 aliphatic rings. The fourth-order valence-corrected chi connectivity index (χ4v) is 10.3. The second-order valence-electron chi connectivity index (χ2n) is 23.6. The predicted octanol–water partition coefficient (Wildman–Crippen LogP) is -1.67. The number of aliphatic imine (C=N–C) groups is 1. The van der Waals surface area contributed by atoms with Gasteiger partial charge < -0.3 is 89.1 Å². The number of nitrogens with two attached hydrogens (primary N) is 2. The van der Waals surface area contributed by atoms with E-state index in [4.69, 9.17) is 16.2 Å². The maximum atomic E-state index is 14.8. The number of amides is 10. The number of fused-ring (bicyclic) bond motifs is 1. The molecule has 484 valence electrons. The third kappa shape index (κ3) is 21.0. The van der Waals surface area contributed by atoms with Gasteiger partial charge in [-0.2, -0.15) is 0 Å². The molecule has 0 spiro atoms. The van der Waals surface area contributed by atoms with E-state index in [0.29, 0.717) is 47.1 Å². The second-order valence-corrected chi connectivity index (χ2v) is 23.6. The monoisotopic (exact) mass is 1240 g/mol. The average Bonchev–Trinajstić information content (AvgIpc) is 2.55. The molecule has 2 saturated heterocycles. The molecule has 29 nitrogen and oxygen atoms in total. The first-order valence-corrected chi connectivity index (χ1v) is 29.9. The van der Waals surface area contributed by atoms with Crippen LogP contribution in [-0.4, -0.2) is 188 Å². The summed E-state index contributed by atoms with van der Waals surface area (Å²) >= 11 is 0. The first-order chi connectivity index (χ1) is 42.3. The number of phenols is 1. The van der Waals surface area contributed by atoms with Gasteiger partial charge in [-0.3, -0.25) is 52.9 Å². The van der Waals surface area contributed by atoms with Crippen LogP contribution < -0.4 is 59.3 Å². The topological polar surface area (TPSA) is 441 Å². The Morgan fingerprint density at radius 1 is 0.753 bits per heavy atom. The fourth-order valence-electron chi connectivity index (χ4n) is 10.3. The number of hydrogen-bond acceptors (Lipinski definition) is 15. The number of aliphatic hydroxyl groups excluding tert-OH is 1. The number of imidazole rings is 1. The molecule has 2 aromatic carbocycles. The number of aromatic nitrogens is 3. The Labute approximate surface area is 515 Å². The molecule has 0 bridgehead atoms. The molecule has 0 radical (unpaired) electrons. The highest BCUT2D eigenvalue weighted by molar-refractivity contribution is 5.99. The van der Waals surface area contributed by atoms with Crippen LogP contribution in [0.15, 0.2) is 72.2 Å². The molecule has 4 aromatic rings. The zero-order chi connectivity index (χ0) is 65.0. The number of aliphatic hydroxyl groups is 1. The van der Waals surface area contributed by atoms with Gasteiger partial charge in [0.25, 0.3) is 0 Å². The summed E-state index contributed by atoms with van der Waals surface area (Å²) in [5.74, 6) is -7.72. The van der Waals surface area contributed by atoms with Gasteiger partial charge in [0.05, 0.1) is 25.1 Å². The van der Waals surface area contributed by atoms with E-state index in [1.54, 1.807) is 58.2 Å². The van der Waals surface area contributed by atoms with Gasteiger partial charge in [0.2, 0.25) is 59.1 Å². The van der Waals surface area contributed by atoms with Crippen LogP contribution in [0.1, 0.15) is 103 Å². The van der Waals surface area contributed by atoms with Gasteiger partial charge in [-0.25, -0.2) is 4.98 Å². The Hall–Kier alpha value is -9.12. The molecule has 0 unspecified atom stereocenters. The third-order valence-corrected chi connectivity index (χ3v) is 14.9. The smallest absolute Gasteiger partial charge is 0.245 e. The SMILES string of the molecule is CCNC(=O)[C@@H]1CCCN1C(=O)[C@H](CCCN=C(N)N)NC(=O)[C@H](CC(C)C)NC(=O)[C@@H](COC(C)(C)C)NC(=O)[C@H](Cc1ccc(O)cc1)NC(=O)[C@H](CO)NC(=O)[C@H](Cc1c[nH]c2ccccc12)NC(=O)[C@H](Cc1cnc[nH]1)NC(=O)[C@H]1CCC(=O)N1. The first-order valence-electron chi connectivity index (χ1n) is 29.9. The van der Waals surface area contributed by atoms with Crippen LogP contribution in [0.25, 0.3) is 10.9 Å². The molecule has 2 fully saturated rings. The van der Waals surface area contributed by atoms with E-state index in [0.717, 1.165) is 0 Å². The van der Waals surface area contributed by atoms with Crippen LogP contribution in [0.5, 0.6) is 5.75 Å². The zero-order valence-electron chi connectivity index (χ0n) is 51.1. The number of likely N-dealkylation sites (tertiary alicyclic amines) is 1. The Morgan fingerprint density at radius 2 is 1.36 bits per heavy atom. The lowest BCUT2D eigenvalue weighted by Crippen LogP contribution is -2.62. The summed E-state index contributed by atoms with van der Waals surface area (Å²) in [7, 11) is 0. The number of carbonyl (C=O) groups excluding carboxylic acids is 10. The molecule has 2 aliphatic heterocycles. The number of carbonyl (C=O) groups is 10. The summed E-state index contributed by atoms with van der Waals surface area (Å²) in [6.07, 6.45) is 5.56. The summed E-state index contributed by atoms with van der Waals surface area (Å²) in [6, 6.07) is 1.02. The number of nitrogens with one attached hydrogen (secondary N) is 11. The van der Waals surface area contributed by atoms with Crippen molar-refractivity contribution in [2.75, 3.05) is 32.8 Å². The molecule has 17 N–H and O–H groups in total. The van der Waals surface area contributed by atoms with E-state index < -0.39 is 120 Å². The van der Waals surface area contributed by atoms with Crippen LogP contribution in [0.2, 0.25) is 0 Å².